The van der Waals surface area contributed by atoms with Crippen molar-refractivity contribution < 1.29 is 4.79 Å². The summed E-state index contributed by atoms with van der Waals surface area (Å²) in [5, 5.41) is 0. The summed E-state index contributed by atoms with van der Waals surface area (Å²) in [4.78, 5) is 14.5. The third-order valence-corrected chi connectivity index (χ3v) is 4.20. The highest BCUT2D eigenvalue weighted by Crippen LogP contribution is 2.49. The highest BCUT2D eigenvalue weighted by Gasteiger charge is 2.52. The number of hydrogen-bond donors (Lipinski definition) is 1. The van der Waals surface area contributed by atoms with Gasteiger partial charge in [-0.25, -0.2) is 0 Å². The summed E-state index contributed by atoms with van der Waals surface area (Å²) in [5.74, 6) is 1.04. The van der Waals surface area contributed by atoms with E-state index in [2.05, 4.69) is 0 Å². The zero-order valence-electron chi connectivity index (χ0n) is 10.9. The Bertz CT molecular complexity index is 458. The maximum Gasteiger partial charge on any atom is 0.232 e. The number of nitrogens with zero attached hydrogens (tertiary/aromatic N) is 1. The highest BCUT2D eigenvalue weighted by atomic mass is 16.2. The molecule has 2 fully saturated rings. The lowest BCUT2D eigenvalue weighted by Gasteiger charge is -2.24. The number of nitrogens with two attached hydrogens (primary N) is 1. The summed E-state index contributed by atoms with van der Waals surface area (Å²) < 4.78 is 0. The molecule has 96 valence electrons. The lowest BCUT2D eigenvalue weighted by Crippen LogP contribution is -2.37. The molecule has 2 saturated carbocycles. The van der Waals surface area contributed by atoms with E-state index < -0.39 is 0 Å². The number of carbonyl (C=O) groups excluding carboxylic acids is 1. The summed E-state index contributed by atoms with van der Waals surface area (Å²) in [6.45, 7) is 0.926. The molecule has 0 aliphatic heterocycles. The molecule has 3 nitrogen and oxygen atoms in total. The Hall–Kier alpha value is -1.51. The Morgan fingerprint density at radius 3 is 2.44 bits per heavy atom. The van der Waals surface area contributed by atoms with Crippen molar-refractivity contribution in [1.29, 1.82) is 0 Å². The largest absolute Gasteiger partial charge is 0.399 e. The van der Waals surface area contributed by atoms with Crippen LogP contribution in [0.1, 0.15) is 31.2 Å². The Morgan fingerprint density at radius 2 is 1.94 bits per heavy atom. The van der Waals surface area contributed by atoms with Crippen LogP contribution in [0.5, 0.6) is 0 Å². The molecule has 1 amide bonds. The minimum Gasteiger partial charge on any atom is -0.399 e. The van der Waals surface area contributed by atoms with Crippen LogP contribution in [0.2, 0.25) is 0 Å². The van der Waals surface area contributed by atoms with Crippen LogP contribution in [0.25, 0.3) is 0 Å². The summed E-state index contributed by atoms with van der Waals surface area (Å²) in [7, 11) is 1.94. The van der Waals surface area contributed by atoms with E-state index in [-0.39, 0.29) is 5.41 Å². The fourth-order valence-corrected chi connectivity index (χ4v) is 2.69. The molecule has 0 atom stereocenters. The zero-order valence-corrected chi connectivity index (χ0v) is 10.9. The first kappa shape index (κ1) is 11.6. The van der Waals surface area contributed by atoms with E-state index in [1.165, 1.54) is 12.8 Å². The minimum atomic E-state index is -0.239. The Kier molecular flexibility index (Phi) is 2.58. The van der Waals surface area contributed by atoms with E-state index in [1.54, 1.807) is 0 Å². The molecule has 2 aliphatic rings. The van der Waals surface area contributed by atoms with Crippen LogP contribution in [0.15, 0.2) is 24.3 Å². The second kappa shape index (κ2) is 4.01. The second-order valence-corrected chi connectivity index (χ2v) is 5.83. The average molecular weight is 244 g/mol. The molecule has 0 spiro atoms. The lowest BCUT2D eigenvalue weighted by atomic mass is 9.94. The SMILES string of the molecule is CN(CC1CC1)C(=O)C1(c2ccc(N)cc2)CC1. The molecule has 18 heavy (non-hydrogen) atoms. The van der Waals surface area contributed by atoms with E-state index in [9.17, 15) is 4.79 Å². The standard InChI is InChI=1S/C15H20N2O/c1-17(10-11-2-3-11)14(18)15(8-9-15)12-4-6-13(16)7-5-12/h4-7,11H,2-3,8-10,16H2,1H3. The van der Waals surface area contributed by atoms with Crippen molar-refractivity contribution in [1.82, 2.24) is 4.90 Å². The topological polar surface area (TPSA) is 46.3 Å². The molecule has 2 N–H and O–H groups in total. The molecule has 1 aromatic carbocycles. The number of benzene rings is 1. The number of amides is 1. The van der Waals surface area contributed by atoms with Gasteiger partial charge in [0.1, 0.15) is 0 Å². The fraction of sp³-hybridized carbons (Fsp3) is 0.533. The van der Waals surface area contributed by atoms with Crippen LogP contribution in [0, 0.1) is 5.92 Å². The Labute approximate surface area is 108 Å². The molecule has 0 aromatic heterocycles. The fourth-order valence-electron chi connectivity index (χ4n) is 2.69. The molecule has 0 unspecified atom stereocenters. The third-order valence-electron chi connectivity index (χ3n) is 4.20. The molecular weight excluding hydrogens is 224 g/mol. The van der Waals surface area contributed by atoms with Crippen molar-refractivity contribution in [2.24, 2.45) is 5.92 Å². The molecule has 0 radical (unpaired) electrons. The molecule has 0 saturated heterocycles. The van der Waals surface area contributed by atoms with Gasteiger partial charge in [0.2, 0.25) is 5.91 Å². The highest BCUT2D eigenvalue weighted by molar-refractivity contribution is 5.91. The van der Waals surface area contributed by atoms with Crippen molar-refractivity contribution in [2.45, 2.75) is 31.1 Å². The number of nitrogen functional groups attached to an aromatic ring is 1. The maximum atomic E-state index is 12.6. The van der Waals surface area contributed by atoms with E-state index in [0.717, 1.165) is 36.6 Å². The van der Waals surface area contributed by atoms with E-state index in [0.29, 0.717) is 5.91 Å². The van der Waals surface area contributed by atoms with Crippen LogP contribution in [-0.2, 0) is 10.2 Å². The molecular formula is C15H20N2O. The van der Waals surface area contributed by atoms with Crippen molar-refractivity contribution >= 4 is 11.6 Å². The van der Waals surface area contributed by atoms with Crippen LogP contribution in [0.4, 0.5) is 5.69 Å². The van der Waals surface area contributed by atoms with Gasteiger partial charge in [-0.1, -0.05) is 12.1 Å². The van der Waals surface area contributed by atoms with Crippen molar-refractivity contribution in [3.05, 3.63) is 29.8 Å². The quantitative estimate of drug-likeness (QED) is 0.825. The van der Waals surface area contributed by atoms with Gasteiger partial charge in [-0.05, 0) is 49.3 Å². The predicted octanol–water partition coefficient (Wildman–Crippen LogP) is 2.17. The first-order chi connectivity index (χ1) is 8.62. The van der Waals surface area contributed by atoms with E-state index in [1.807, 2.05) is 36.2 Å². The first-order valence-electron chi connectivity index (χ1n) is 6.73. The monoisotopic (exact) mass is 244 g/mol. The van der Waals surface area contributed by atoms with Crippen LogP contribution in [-0.4, -0.2) is 24.4 Å². The molecule has 0 heterocycles. The van der Waals surface area contributed by atoms with Crippen LogP contribution >= 0.6 is 0 Å². The molecule has 1 aromatic rings. The normalized spacial score (nSPS) is 20.5. The van der Waals surface area contributed by atoms with E-state index >= 15 is 0 Å². The molecule has 2 aliphatic carbocycles. The van der Waals surface area contributed by atoms with Crippen molar-refractivity contribution in [3.8, 4) is 0 Å². The number of carbonyl (C=O) groups is 1. The predicted molar refractivity (Wildman–Crippen MR) is 72.1 cm³/mol. The maximum absolute atomic E-state index is 12.6. The minimum absolute atomic E-state index is 0.239. The number of likely N-dealkylation sites (N-methyl/N-ethyl adjacent to an activating group) is 1. The summed E-state index contributed by atoms with van der Waals surface area (Å²) in [5.41, 5.74) is 7.35. The first-order valence-corrected chi connectivity index (χ1v) is 6.73. The van der Waals surface area contributed by atoms with Gasteiger partial charge in [0.15, 0.2) is 0 Å². The number of rotatable bonds is 4. The van der Waals surface area contributed by atoms with Gasteiger partial charge in [-0.2, -0.15) is 0 Å². The van der Waals surface area contributed by atoms with Gasteiger partial charge in [-0.3, -0.25) is 4.79 Å². The second-order valence-electron chi connectivity index (χ2n) is 5.83. The number of hydrogen-bond acceptors (Lipinski definition) is 2. The molecule has 3 heteroatoms. The Balaban J connectivity index is 1.76. The molecule has 0 bridgehead atoms. The van der Waals surface area contributed by atoms with Crippen LogP contribution in [0.3, 0.4) is 0 Å². The summed E-state index contributed by atoms with van der Waals surface area (Å²) >= 11 is 0. The van der Waals surface area contributed by atoms with Gasteiger partial charge in [0.05, 0.1) is 5.41 Å². The molecule has 3 rings (SSSR count). The summed E-state index contributed by atoms with van der Waals surface area (Å²) in [6, 6.07) is 7.80. The Morgan fingerprint density at radius 1 is 1.33 bits per heavy atom. The average Bonchev–Trinajstić information content (AvgIpc) is 3.23. The zero-order chi connectivity index (χ0) is 12.8. The van der Waals surface area contributed by atoms with Crippen molar-refractivity contribution in [2.75, 3.05) is 19.3 Å². The van der Waals surface area contributed by atoms with Crippen molar-refractivity contribution in [3.63, 3.8) is 0 Å². The van der Waals surface area contributed by atoms with Gasteiger partial charge in [0, 0.05) is 19.3 Å². The van der Waals surface area contributed by atoms with E-state index in [4.69, 9.17) is 5.73 Å². The van der Waals surface area contributed by atoms with Gasteiger partial charge in [0.25, 0.3) is 0 Å². The smallest absolute Gasteiger partial charge is 0.232 e. The lowest BCUT2D eigenvalue weighted by molar-refractivity contribution is -0.132. The third kappa shape index (κ3) is 1.98. The summed E-state index contributed by atoms with van der Waals surface area (Å²) in [6.07, 6.45) is 4.52. The van der Waals surface area contributed by atoms with Gasteiger partial charge >= 0.3 is 0 Å². The number of anilines is 1. The van der Waals surface area contributed by atoms with Crippen LogP contribution < -0.4 is 5.73 Å². The van der Waals surface area contributed by atoms with Gasteiger partial charge < -0.3 is 10.6 Å². The van der Waals surface area contributed by atoms with Gasteiger partial charge in [-0.15, -0.1) is 0 Å².